The Kier molecular flexibility index (Phi) is 5.47. The number of ether oxygens (including phenoxy) is 2. The lowest BCUT2D eigenvalue weighted by atomic mass is 9.96. The van der Waals surface area contributed by atoms with E-state index >= 15 is 0 Å². The first-order valence-electron chi connectivity index (χ1n) is 6.47. The van der Waals surface area contributed by atoms with Gasteiger partial charge in [-0.1, -0.05) is 20.8 Å². The fraction of sp³-hybridized carbons (Fsp3) is 0.769. The van der Waals surface area contributed by atoms with Gasteiger partial charge in [0.15, 0.2) is 5.82 Å². The molecule has 0 atom stereocenters. The maximum absolute atomic E-state index is 11.5. The van der Waals surface area contributed by atoms with Crippen LogP contribution in [0.15, 0.2) is 0 Å². The molecular weight excluding hydrogens is 246 g/mol. The molecular formula is C13H23N3O3. The van der Waals surface area contributed by atoms with Gasteiger partial charge < -0.3 is 9.47 Å². The topological polar surface area (TPSA) is 66.2 Å². The van der Waals surface area contributed by atoms with Crippen molar-refractivity contribution in [1.29, 1.82) is 0 Å². The predicted octanol–water partition coefficient (Wildman–Crippen LogP) is 1.33. The lowest BCUT2D eigenvalue weighted by Gasteiger charge is -2.17. The molecule has 1 heterocycles. The fourth-order valence-electron chi connectivity index (χ4n) is 1.69. The number of carbonyl (C=O) groups is 1. The Morgan fingerprint density at radius 1 is 1.37 bits per heavy atom. The van der Waals surface area contributed by atoms with E-state index in [0.29, 0.717) is 25.6 Å². The summed E-state index contributed by atoms with van der Waals surface area (Å²) in [6.07, 6.45) is 0.108. The van der Waals surface area contributed by atoms with Crippen molar-refractivity contribution in [2.24, 2.45) is 0 Å². The molecule has 0 aromatic carbocycles. The molecule has 19 heavy (non-hydrogen) atoms. The Bertz CT molecular complexity index is 421. The summed E-state index contributed by atoms with van der Waals surface area (Å²) in [6, 6.07) is 0. The molecule has 0 fully saturated rings. The van der Waals surface area contributed by atoms with Crippen molar-refractivity contribution < 1.29 is 14.3 Å². The fourth-order valence-corrected chi connectivity index (χ4v) is 1.69. The Balaban J connectivity index is 2.90. The summed E-state index contributed by atoms with van der Waals surface area (Å²) in [5, 5.41) is 4.36. The number of methoxy groups -OCH3 is 1. The van der Waals surface area contributed by atoms with E-state index in [-0.39, 0.29) is 17.8 Å². The third kappa shape index (κ3) is 4.63. The number of esters is 1. The van der Waals surface area contributed by atoms with Crippen LogP contribution in [0, 0.1) is 0 Å². The van der Waals surface area contributed by atoms with Crippen molar-refractivity contribution in [1.82, 2.24) is 14.8 Å². The van der Waals surface area contributed by atoms with Gasteiger partial charge in [-0.2, -0.15) is 5.10 Å². The molecule has 1 rings (SSSR count). The zero-order chi connectivity index (χ0) is 14.5. The molecule has 1 aromatic heterocycles. The van der Waals surface area contributed by atoms with E-state index in [1.807, 2.05) is 0 Å². The molecule has 0 saturated heterocycles. The quantitative estimate of drug-likeness (QED) is 0.729. The number of carbonyl (C=O) groups excluding carboxylic acids is 1. The Morgan fingerprint density at radius 2 is 2.05 bits per heavy atom. The monoisotopic (exact) mass is 269 g/mol. The van der Waals surface area contributed by atoms with Crippen LogP contribution in [0.1, 0.15) is 39.3 Å². The number of hydrogen-bond acceptors (Lipinski definition) is 5. The van der Waals surface area contributed by atoms with Crippen LogP contribution in [-0.2, 0) is 32.6 Å². The third-order valence-electron chi connectivity index (χ3n) is 2.50. The highest BCUT2D eigenvalue weighted by Gasteiger charge is 2.23. The molecule has 0 aliphatic carbocycles. The van der Waals surface area contributed by atoms with E-state index in [0.717, 1.165) is 5.82 Å². The number of aromatic nitrogens is 3. The standard InChI is InChI=1S/C13H23N3O3/c1-6-19-11(17)9-10-14-12(13(2,3)4)16(15-10)7-8-18-5/h6-9H2,1-5H3. The Hall–Kier alpha value is -1.43. The van der Waals surface area contributed by atoms with Gasteiger partial charge in [-0.15, -0.1) is 0 Å². The highest BCUT2D eigenvalue weighted by atomic mass is 16.5. The summed E-state index contributed by atoms with van der Waals surface area (Å²) >= 11 is 0. The first kappa shape index (κ1) is 15.6. The van der Waals surface area contributed by atoms with Crippen LogP contribution in [0.4, 0.5) is 0 Å². The molecule has 0 saturated carbocycles. The highest BCUT2D eigenvalue weighted by molar-refractivity contribution is 5.71. The normalized spacial score (nSPS) is 11.6. The molecule has 0 aliphatic heterocycles. The molecule has 0 spiro atoms. The first-order chi connectivity index (χ1) is 8.88. The van der Waals surface area contributed by atoms with Crippen LogP contribution < -0.4 is 0 Å². The number of rotatable bonds is 6. The van der Waals surface area contributed by atoms with Crippen molar-refractivity contribution in [2.75, 3.05) is 20.3 Å². The summed E-state index contributed by atoms with van der Waals surface area (Å²) in [5.74, 6) is 1.05. The number of hydrogen-bond donors (Lipinski definition) is 0. The average Bonchev–Trinajstić information content (AvgIpc) is 2.69. The van der Waals surface area contributed by atoms with Crippen molar-refractivity contribution in [3.05, 3.63) is 11.6 Å². The van der Waals surface area contributed by atoms with E-state index in [4.69, 9.17) is 9.47 Å². The second-order valence-electron chi connectivity index (χ2n) is 5.30. The van der Waals surface area contributed by atoms with Crippen molar-refractivity contribution in [2.45, 2.75) is 46.1 Å². The van der Waals surface area contributed by atoms with E-state index in [2.05, 4.69) is 30.9 Å². The number of nitrogens with zero attached hydrogens (tertiary/aromatic N) is 3. The first-order valence-corrected chi connectivity index (χ1v) is 6.47. The summed E-state index contributed by atoms with van der Waals surface area (Å²) in [5.41, 5.74) is -0.131. The van der Waals surface area contributed by atoms with Gasteiger partial charge in [-0.25, -0.2) is 9.67 Å². The van der Waals surface area contributed by atoms with E-state index in [1.54, 1.807) is 18.7 Å². The summed E-state index contributed by atoms with van der Waals surface area (Å²) in [6.45, 7) is 9.53. The van der Waals surface area contributed by atoms with Crippen LogP contribution in [-0.4, -0.2) is 41.1 Å². The molecule has 0 amide bonds. The predicted molar refractivity (Wildman–Crippen MR) is 70.9 cm³/mol. The smallest absolute Gasteiger partial charge is 0.313 e. The maximum atomic E-state index is 11.5. The van der Waals surface area contributed by atoms with Crippen molar-refractivity contribution >= 4 is 5.97 Å². The molecule has 1 aromatic rings. The zero-order valence-corrected chi connectivity index (χ0v) is 12.4. The van der Waals surface area contributed by atoms with Gasteiger partial charge in [-0.05, 0) is 6.92 Å². The molecule has 0 aliphatic rings. The van der Waals surface area contributed by atoms with Crippen molar-refractivity contribution in [3.8, 4) is 0 Å². The van der Waals surface area contributed by atoms with E-state index < -0.39 is 0 Å². The molecule has 0 N–H and O–H groups in total. The van der Waals surface area contributed by atoms with Gasteiger partial charge in [0.2, 0.25) is 0 Å². The minimum Gasteiger partial charge on any atom is -0.466 e. The summed E-state index contributed by atoms with van der Waals surface area (Å²) in [7, 11) is 1.65. The molecule has 0 unspecified atom stereocenters. The zero-order valence-electron chi connectivity index (χ0n) is 12.4. The highest BCUT2D eigenvalue weighted by Crippen LogP contribution is 2.20. The minimum absolute atomic E-state index is 0.108. The Morgan fingerprint density at radius 3 is 2.58 bits per heavy atom. The molecule has 0 bridgehead atoms. The van der Waals surface area contributed by atoms with E-state index in [1.165, 1.54) is 0 Å². The second kappa shape index (κ2) is 6.65. The second-order valence-corrected chi connectivity index (χ2v) is 5.30. The van der Waals surface area contributed by atoms with Gasteiger partial charge >= 0.3 is 5.97 Å². The molecule has 108 valence electrons. The lowest BCUT2D eigenvalue weighted by Crippen LogP contribution is -2.21. The van der Waals surface area contributed by atoms with Crippen LogP contribution in [0.3, 0.4) is 0 Å². The van der Waals surface area contributed by atoms with Gasteiger partial charge in [0.1, 0.15) is 12.2 Å². The van der Waals surface area contributed by atoms with Crippen LogP contribution in [0.2, 0.25) is 0 Å². The van der Waals surface area contributed by atoms with Gasteiger partial charge in [0.05, 0.1) is 19.8 Å². The molecule has 0 radical (unpaired) electrons. The summed E-state index contributed by atoms with van der Waals surface area (Å²) in [4.78, 5) is 15.9. The maximum Gasteiger partial charge on any atom is 0.313 e. The lowest BCUT2D eigenvalue weighted by molar-refractivity contribution is -0.142. The van der Waals surface area contributed by atoms with Crippen LogP contribution >= 0.6 is 0 Å². The van der Waals surface area contributed by atoms with Crippen molar-refractivity contribution in [3.63, 3.8) is 0 Å². The largest absolute Gasteiger partial charge is 0.466 e. The minimum atomic E-state index is -0.299. The Labute approximate surface area is 114 Å². The van der Waals surface area contributed by atoms with E-state index in [9.17, 15) is 4.79 Å². The SMILES string of the molecule is CCOC(=O)Cc1nc(C(C)(C)C)n(CCOC)n1. The van der Waals surface area contributed by atoms with Gasteiger partial charge in [-0.3, -0.25) is 4.79 Å². The summed E-state index contributed by atoms with van der Waals surface area (Å²) < 4.78 is 11.8. The van der Waals surface area contributed by atoms with Gasteiger partial charge in [0.25, 0.3) is 0 Å². The molecule has 6 heteroatoms. The van der Waals surface area contributed by atoms with Gasteiger partial charge in [0, 0.05) is 12.5 Å². The average molecular weight is 269 g/mol. The van der Waals surface area contributed by atoms with Crippen LogP contribution in [0.25, 0.3) is 0 Å². The third-order valence-corrected chi connectivity index (χ3v) is 2.50. The van der Waals surface area contributed by atoms with Crippen LogP contribution in [0.5, 0.6) is 0 Å². The molecule has 6 nitrogen and oxygen atoms in total.